The molecule has 0 bridgehead atoms. The first-order chi connectivity index (χ1) is 15.3. The predicted octanol–water partition coefficient (Wildman–Crippen LogP) is 3.83. The summed E-state index contributed by atoms with van der Waals surface area (Å²) < 4.78 is 65.9. The van der Waals surface area contributed by atoms with Crippen LogP contribution in [0.15, 0.2) is 41.3 Å². The summed E-state index contributed by atoms with van der Waals surface area (Å²) in [5.74, 6) is -2.84. The number of primary sulfonamides is 1. The van der Waals surface area contributed by atoms with Gasteiger partial charge in [0.15, 0.2) is 0 Å². The highest BCUT2D eigenvalue weighted by Gasteiger charge is 2.34. The van der Waals surface area contributed by atoms with Gasteiger partial charge in [-0.25, -0.2) is 31.5 Å². The Labute approximate surface area is 191 Å². The van der Waals surface area contributed by atoms with Gasteiger partial charge in [-0.3, -0.25) is 9.69 Å². The smallest absolute Gasteiger partial charge is 0.323 e. The summed E-state index contributed by atoms with van der Waals surface area (Å²) in [5.41, 5.74) is -0.741. The number of nitrogens with two attached hydrogens (primary N) is 1. The van der Waals surface area contributed by atoms with Crippen LogP contribution in [-0.4, -0.2) is 29.7 Å². The van der Waals surface area contributed by atoms with Crippen molar-refractivity contribution in [2.24, 2.45) is 5.14 Å². The van der Waals surface area contributed by atoms with Crippen LogP contribution in [0.25, 0.3) is 10.8 Å². The molecule has 0 fully saturated rings. The molecule has 1 heterocycles. The van der Waals surface area contributed by atoms with Crippen LogP contribution in [0.2, 0.25) is 5.02 Å². The maximum Gasteiger partial charge on any atom is 0.323 e. The number of rotatable bonds is 5. The third-order valence-electron chi connectivity index (χ3n) is 5.09. The summed E-state index contributed by atoms with van der Waals surface area (Å²) >= 11 is 5.72. The van der Waals surface area contributed by atoms with Crippen molar-refractivity contribution in [2.45, 2.75) is 25.3 Å². The predicted molar refractivity (Wildman–Crippen MR) is 118 cm³/mol. The quantitative estimate of drug-likeness (QED) is 0.490. The van der Waals surface area contributed by atoms with Crippen molar-refractivity contribution in [2.75, 3.05) is 5.32 Å². The molecule has 0 aliphatic heterocycles. The van der Waals surface area contributed by atoms with Gasteiger partial charge in [0.05, 0.1) is 16.5 Å². The maximum atomic E-state index is 14.3. The molecule has 0 saturated heterocycles. The molecule has 0 spiro atoms. The Bertz CT molecular complexity index is 1410. The molecule has 0 saturated carbocycles. The molecule has 2 unspecified atom stereocenters. The number of H-pyrrole nitrogens is 1. The number of carbonyl (C=O) groups excluding carboxylic acids is 1. The van der Waals surface area contributed by atoms with Crippen molar-refractivity contribution in [3.05, 3.63) is 74.9 Å². The SMILES string of the molecule is CC(c1c[nH]c(=O)c2c(F)cc(F)cc12)N(C(=O)Nc1ccc(F)c(Cl)c1)C(C)S(N)(=O)=O. The lowest BCUT2D eigenvalue weighted by atomic mass is 10.0. The third kappa shape index (κ3) is 4.97. The molecule has 3 rings (SSSR count). The van der Waals surface area contributed by atoms with E-state index in [4.69, 9.17) is 16.7 Å². The Morgan fingerprint density at radius 2 is 1.82 bits per heavy atom. The number of carbonyl (C=O) groups is 1. The van der Waals surface area contributed by atoms with E-state index in [2.05, 4.69) is 10.3 Å². The van der Waals surface area contributed by atoms with Gasteiger partial charge in [0.2, 0.25) is 10.0 Å². The normalized spacial score (nSPS) is 13.5. The van der Waals surface area contributed by atoms with Gasteiger partial charge in [-0.15, -0.1) is 0 Å². The van der Waals surface area contributed by atoms with Crippen molar-refractivity contribution in [3.8, 4) is 0 Å². The summed E-state index contributed by atoms with van der Waals surface area (Å²) in [6.45, 7) is 2.52. The molecular formula is C20H18ClF3N4O4S. The highest BCUT2D eigenvalue weighted by atomic mass is 35.5. The van der Waals surface area contributed by atoms with Crippen LogP contribution in [0, 0.1) is 17.5 Å². The van der Waals surface area contributed by atoms with Gasteiger partial charge in [-0.1, -0.05) is 11.6 Å². The van der Waals surface area contributed by atoms with Gasteiger partial charge >= 0.3 is 6.03 Å². The lowest BCUT2D eigenvalue weighted by molar-refractivity contribution is 0.187. The van der Waals surface area contributed by atoms with Crippen LogP contribution in [0.3, 0.4) is 0 Å². The molecule has 0 aliphatic carbocycles. The second-order valence-electron chi connectivity index (χ2n) is 7.21. The fourth-order valence-corrected chi connectivity index (χ4v) is 4.17. The van der Waals surface area contributed by atoms with E-state index >= 15 is 0 Å². The standard InChI is InChI=1S/C20H18ClF3N4O4S/c1-9(14-8-26-19(29)18-13(14)5-11(22)6-17(18)24)28(10(2)33(25,31)32)20(30)27-12-3-4-16(23)15(21)7-12/h3-10H,1-2H3,(H,26,29)(H,27,30)(H2,25,31,32). The molecule has 33 heavy (non-hydrogen) atoms. The number of urea groups is 1. The van der Waals surface area contributed by atoms with Crippen LogP contribution < -0.4 is 16.0 Å². The topological polar surface area (TPSA) is 125 Å². The number of fused-ring (bicyclic) bond motifs is 1. The van der Waals surface area contributed by atoms with Crippen molar-refractivity contribution in [1.82, 2.24) is 9.88 Å². The van der Waals surface area contributed by atoms with Crippen LogP contribution >= 0.6 is 11.6 Å². The van der Waals surface area contributed by atoms with Gasteiger partial charge in [-0.2, -0.15) is 0 Å². The Morgan fingerprint density at radius 3 is 2.42 bits per heavy atom. The van der Waals surface area contributed by atoms with Crippen molar-refractivity contribution < 1.29 is 26.4 Å². The van der Waals surface area contributed by atoms with Crippen molar-refractivity contribution in [1.29, 1.82) is 0 Å². The van der Waals surface area contributed by atoms with Gasteiger partial charge in [-0.05, 0) is 49.1 Å². The molecule has 0 aliphatic rings. The number of sulfonamides is 1. The number of aromatic amines is 1. The number of halogens is 4. The fraction of sp³-hybridized carbons (Fsp3) is 0.200. The molecule has 2 atom stereocenters. The third-order valence-corrected chi connectivity index (χ3v) is 6.56. The summed E-state index contributed by atoms with van der Waals surface area (Å²) in [7, 11) is -4.33. The molecule has 8 nitrogen and oxygen atoms in total. The van der Waals surface area contributed by atoms with Crippen LogP contribution in [0.5, 0.6) is 0 Å². The minimum absolute atomic E-state index is 0.0470. The van der Waals surface area contributed by atoms with E-state index in [9.17, 15) is 31.2 Å². The molecule has 4 N–H and O–H groups in total. The first kappa shape index (κ1) is 24.6. The van der Waals surface area contributed by atoms with Crippen LogP contribution in [0.4, 0.5) is 23.7 Å². The number of nitrogens with zero attached hydrogens (tertiary/aromatic N) is 1. The van der Waals surface area contributed by atoms with E-state index in [-0.39, 0.29) is 21.7 Å². The molecule has 1 aromatic heterocycles. The lowest BCUT2D eigenvalue weighted by Gasteiger charge is -2.34. The number of aromatic nitrogens is 1. The number of nitrogens with one attached hydrogen (secondary N) is 2. The molecule has 2 aromatic carbocycles. The largest absolute Gasteiger partial charge is 0.328 e. The highest BCUT2D eigenvalue weighted by Crippen LogP contribution is 2.31. The monoisotopic (exact) mass is 502 g/mol. The summed E-state index contributed by atoms with van der Waals surface area (Å²) in [6.07, 6.45) is 1.12. The van der Waals surface area contributed by atoms with Gasteiger partial charge in [0, 0.05) is 18.0 Å². The van der Waals surface area contributed by atoms with E-state index in [1.807, 2.05) is 0 Å². The fourth-order valence-electron chi connectivity index (χ4n) is 3.40. The second-order valence-corrected chi connectivity index (χ2v) is 9.48. The summed E-state index contributed by atoms with van der Waals surface area (Å²) in [4.78, 5) is 28.3. The summed E-state index contributed by atoms with van der Waals surface area (Å²) in [6, 6.07) is 2.59. The van der Waals surface area contributed by atoms with E-state index in [1.165, 1.54) is 13.0 Å². The van der Waals surface area contributed by atoms with Crippen molar-refractivity contribution in [3.63, 3.8) is 0 Å². The number of hydrogen-bond acceptors (Lipinski definition) is 4. The molecule has 13 heteroatoms. The minimum atomic E-state index is -4.33. The number of anilines is 1. The molecule has 3 aromatic rings. The second kappa shape index (κ2) is 9.04. The Morgan fingerprint density at radius 1 is 1.15 bits per heavy atom. The van der Waals surface area contributed by atoms with Crippen LogP contribution in [0.1, 0.15) is 25.5 Å². The zero-order valence-corrected chi connectivity index (χ0v) is 18.8. The Balaban J connectivity index is 2.13. The number of amides is 2. The zero-order chi connectivity index (χ0) is 24.7. The minimum Gasteiger partial charge on any atom is -0.328 e. The van der Waals surface area contributed by atoms with Crippen LogP contribution in [-0.2, 0) is 10.0 Å². The number of hydrogen-bond donors (Lipinski definition) is 3. The first-order valence-electron chi connectivity index (χ1n) is 9.37. The van der Waals surface area contributed by atoms with Crippen molar-refractivity contribution >= 4 is 44.1 Å². The average molecular weight is 503 g/mol. The Kier molecular flexibility index (Phi) is 6.73. The molecule has 2 amide bonds. The van der Waals surface area contributed by atoms with Gasteiger partial charge < -0.3 is 10.3 Å². The van der Waals surface area contributed by atoms with Gasteiger partial charge in [0.25, 0.3) is 5.56 Å². The summed E-state index contributed by atoms with van der Waals surface area (Å²) in [5, 5.41) is 5.13. The molecular weight excluding hydrogens is 485 g/mol. The zero-order valence-electron chi connectivity index (χ0n) is 17.2. The number of benzene rings is 2. The van der Waals surface area contributed by atoms with E-state index in [1.54, 1.807) is 0 Å². The molecule has 0 radical (unpaired) electrons. The Hall–Kier alpha value is -3.09. The molecule has 176 valence electrons. The first-order valence-corrected chi connectivity index (χ1v) is 11.4. The van der Waals surface area contributed by atoms with E-state index < -0.39 is 55.9 Å². The number of pyridine rings is 1. The van der Waals surface area contributed by atoms with E-state index in [0.29, 0.717) is 6.07 Å². The van der Waals surface area contributed by atoms with Gasteiger partial charge in [0.1, 0.15) is 22.8 Å². The maximum absolute atomic E-state index is 14.3. The highest BCUT2D eigenvalue weighted by molar-refractivity contribution is 7.89. The average Bonchev–Trinajstić information content (AvgIpc) is 2.69. The van der Waals surface area contributed by atoms with E-state index in [0.717, 1.165) is 36.2 Å². The lowest BCUT2D eigenvalue weighted by Crippen LogP contribution is -2.48.